The molecule has 2 nitrogen and oxygen atoms in total. The van der Waals surface area contributed by atoms with Gasteiger partial charge in [-0.1, -0.05) is 0 Å². The molecule has 0 heterocycles. The Hall–Kier alpha value is 2.09. The number of hydrogen-bond acceptors (Lipinski definition) is 2. The number of hydrogen-bond donors (Lipinski definition) is 0. The van der Waals surface area contributed by atoms with Crippen molar-refractivity contribution in [3.05, 3.63) is 0 Å². The Morgan fingerprint density at radius 2 is 0.750 bits per heavy atom. The molecule has 0 aromatic rings. The van der Waals surface area contributed by atoms with Crippen molar-refractivity contribution >= 4 is 17.4 Å². The second-order valence-corrected chi connectivity index (χ2v) is 0. The third-order valence-electron chi connectivity index (χ3n) is 0. The molecule has 0 fully saturated rings. The van der Waals surface area contributed by atoms with E-state index in [4.69, 9.17) is 0 Å². The molecule has 0 aliphatic carbocycles. The van der Waals surface area contributed by atoms with Gasteiger partial charge in [-0.2, -0.15) is 0 Å². The Morgan fingerprint density at radius 3 is 0.750 bits per heavy atom. The van der Waals surface area contributed by atoms with Crippen LogP contribution in [0.2, 0.25) is 0 Å². The van der Waals surface area contributed by atoms with Crippen LogP contribution < -0.4 is 51.4 Å². The third kappa shape index (κ3) is 8.94. The van der Waals surface area contributed by atoms with Crippen LogP contribution in [0, 0.1) is 0 Å². The maximum Gasteiger partial charge on any atom is 3.00 e. The molecule has 0 atom stereocenters. The van der Waals surface area contributed by atoms with Crippen molar-refractivity contribution in [2.24, 2.45) is 0 Å². The average molecular weight is 100 g/mol. The minimum absolute atomic E-state index is 0. The fraction of sp³-hybridized carbons (Fsp3) is 0. The van der Waals surface area contributed by atoms with E-state index in [0.29, 0.717) is 0 Å². The van der Waals surface area contributed by atoms with Crippen molar-refractivity contribution in [2.45, 2.75) is 0 Å². The standard InChI is InChI=1S/Al.K.2H2O/h;;2*1H2/q+3;+1;;/p-2. The van der Waals surface area contributed by atoms with Gasteiger partial charge in [0.05, 0.1) is 0 Å². The minimum atomic E-state index is 0. The molecule has 0 rings (SSSR count). The molecule has 2 N–H and O–H groups in total. The molecule has 0 aliphatic heterocycles. The fourth-order valence-electron chi connectivity index (χ4n) is 0. The Balaban J connectivity index is 0. The molecule has 0 aromatic carbocycles. The zero-order valence-electron chi connectivity index (χ0n) is 2.47. The van der Waals surface area contributed by atoms with Gasteiger partial charge in [-0.05, 0) is 0 Å². The molecule has 4 heavy (non-hydrogen) atoms. The van der Waals surface area contributed by atoms with Crippen LogP contribution in [0.3, 0.4) is 0 Å². The monoisotopic (exact) mass is 99.9 g/mol. The first-order valence-corrected chi connectivity index (χ1v) is 0. The van der Waals surface area contributed by atoms with Crippen LogP contribution in [0.1, 0.15) is 0 Å². The second-order valence-electron chi connectivity index (χ2n) is 0. The summed E-state index contributed by atoms with van der Waals surface area (Å²) in [7, 11) is 0. The first-order chi connectivity index (χ1) is 0. The number of rotatable bonds is 0. The summed E-state index contributed by atoms with van der Waals surface area (Å²) in [5.74, 6) is 0. The van der Waals surface area contributed by atoms with Crippen LogP contribution in [0.15, 0.2) is 0 Å². The van der Waals surface area contributed by atoms with Gasteiger partial charge in [0.15, 0.2) is 0 Å². The van der Waals surface area contributed by atoms with Crippen molar-refractivity contribution in [1.29, 1.82) is 0 Å². The van der Waals surface area contributed by atoms with Crippen molar-refractivity contribution in [3.63, 3.8) is 0 Å². The van der Waals surface area contributed by atoms with Gasteiger partial charge in [-0.15, -0.1) is 0 Å². The fourth-order valence-corrected chi connectivity index (χ4v) is 0. The Kier molecular flexibility index (Phi) is 176. The normalized spacial score (nSPS) is 0. The summed E-state index contributed by atoms with van der Waals surface area (Å²) >= 11 is 0. The summed E-state index contributed by atoms with van der Waals surface area (Å²) < 4.78 is 0. The maximum atomic E-state index is 0. The summed E-state index contributed by atoms with van der Waals surface area (Å²) in [4.78, 5) is 0. The summed E-state index contributed by atoms with van der Waals surface area (Å²) in [5, 5.41) is 0. The van der Waals surface area contributed by atoms with Gasteiger partial charge in [0.25, 0.3) is 0 Å². The zero-order valence-corrected chi connectivity index (χ0v) is 6.75. The Labute approximate surface area is 78.1 Å². The maximum absolute atomic E-state index is 0. The first-order valence-electron chi connectivity index (χ1n) is 0. The third-order valence-corrected chi connectivity index (χ3v) is 0. The van der Waals surface area contributed by atoms with Crippen LogP contribution in [0.4, 0.5) is 0 Å². The topological polar surface area (TPSA) is 60.0 Å². The quantitative estimate of drug-likeness (QED) is 0.294. The minimum Gasteiger partial charge on any atom is -0.870 e. The van der Waals surface area contributed by atoms with Gasteiger partial charge in [-0.3, -0.25) is 0 Å². The summed E-state index contributed by atoms with van der Waals surface area (Å²) in [6.07, 6.45) is 0. The first kappa shape index (κ1) is 36.1. The molecular weight excluding hydrogens is 98.1 g/mol. The largest absolute Gasteiger partial charge is 3.00 e. The van der Waals surface area contributed by atoms with E-state index in [1.165, 1.54) is 0 Å². The Morgan fingerprint density at radius 1 is 0.750 bits per heavy atom. The molecule has 0 amide bonds. The van der Waals surface area contributed by atoms with Crippen LogP contribution in [-0.4, -0.2) is 28.3 Å². The molecule has 0 aliphatic rings. The van der Waals surface area contributed by atoms with E-state index in [1.807, 2.05) is 0 Å². The van der Waals surface area contributed by atoms with E-state index < -0.39 is 0 Å². The van der Waals surface area contributed by atoms with E-state index >= 15 is 0 Å². The van der Waals surface area contributed by atoms with E-state index in [1.54, 1.807) is 0 Å². The predicted octanol–water partition coefficient (Wildman–Crippen LogP) is -3.73. The smallest absolute Gasteiger partial charge is 0.870 e. The van der Waals surface area contributed by atoms with Crippen molar-refractivity contribution in [1.82, 2.24) is 0 Å². The zero-order chi connectivity index (χ0) is 0. The van der Waals surface area contributed by atoms with Gasteiger partial charge >= 0.3 is 68.7 Å². The second kappa shape index (κ2) is 19.5. The van der Waals surface area contributed by atoms with E-state index in [-0.39, 0.29) is 79.7 Å². The molecule has 0 saturated heterocycles. The molecule has 0 bridgehead atoms. The van der Waals surface area contributed by atoms with E-state index in [9.17, 15) is 0 Å². The van der Waals surface area contributed by atoms with Gasteiger partial charge in [0.1, 0.15) is 0 Å². The molecular formula is H2AlKO2+2. The molecule has 0 saturated carbocycles. The summed E-state index contributed by atoms with van der Waals surface area (Å²) in [6.45, 7) is 0. The average Bonchev–Trinajstić information content (AvgIpc) is 0. The van der Waals surface area contributed by atoms with Crippen molar-refractivity contribution < 1.29 is 62.3 Å². The van der Waals surface area contributed by atoms with Gasteiger partial charge < -0.3 is 11.0 Å². The van der Waals surface area contributed by atoms with Gasteiger partial charge in [0.2, 0.25) is 0 Å². The van der Waals surface area contributed by atoms with E-state index in [2.05, 4.69) is 0 Å². The van der Waals surface area contributed by atoms with Crippen LogP contribution in [-0.2, 0) is 0 Å². The molecule has 0 radical (unpaired) electrons. The molecule has 4 heteroatoms. The van der Waals surface area contributed by atoms with Crippen LogP contribution >= 0.6 is 0 Å². The van der Waals surface area contributed by atoms with E-state index in [0.717, 1.165) is 0 Å². The molecule has 0 aromatic heterocycles. The van der Waals surface area contributed by atoms with Crippen molar-refractivity contribution in [2.75, 3.05) is 0 Å². The van der Waals surface area contributed by atoms with Gasteiger partial charge in [0, 0.05) is 0 Å². The summed E-state index contributed by atoms with van der Waals surface area (Å²) in [6, 6.07) is 0. The molecule has 16 valence electrons. The SMILES string of the molecule is [Al+3].[K+].[OH-].[OH-]. The van der Waals surface area contributed by atoms with Crippen LogP contribution in [0.5, 0.6) is 0 Å². The molecule has 0 unspecified atom stereocenters. The van der Waals surface area contributed by atoms with Crippen LogP contribution in [0.25, 0.3) is 0 Å². The van der Waals surface area contributed by atoms with Crippen molar-refractivity contribution in [3.8, 4) is 0 Å². The Bertz CT molecular complexity index is 6.00. The summed E-state index contributed by atoms with van der Waals surface area (Å²) in [5.41, 5.74) is 0. The molecule has 0 spiro atoms. The van der Waals surface area contributed by atoms with Gasteiger partial charge in [-0.25, -0.2) is 0 Å². The predicted molar refractivity (Wildman–Crippen MR) is 9.63 cm³/mol.